The van der Waals surface area contributed by atoms with Crippen LogP contribution in [0.5, 0.6) is 0 Å². The number of carbonyl (C=O) groups is 1. The van der Waals surface area contributed by atoms with E-state index in [0.717, 1.165) is 26.1 Å². The molecule has 2 aromatic rings. The third-order valence-electron chi connectivity index (χ3n) is 4.04. The molecule has 0 saturated carbocycles. The Balaban J connectivity index is 1.63. The van der Waals surface area contributed by atoms with Crippen molar-refractivity contribution in [1.82, 2.24) is 5.32 Å². The molecule has 5 heteroatoms. The highest BCUT2D eigenvalue weighted by atomic mass is 32.1. The number of thiophene rings is 1. The van der Waals surface area contributed by atoms with E-state index in [0.29, 0.717) is 12.3 Å². The second-order valence-electron chi connectivity index (χ2n) is 5.44. The summed E-state index contributed by atoms with van der Waals surface area (Å²) < 4.78 is 10.7. The molecule has 0 spiro atoms. The molecular weight excluding hydrogens is 298 g/mol. The van der Waals surface area contributed by atoms with Gasteiger partial charge in [0.2, 0.25) is 5.91 Å². The summed E-state index contributed by atoms with van der Waals surface area (Å²) >= 11 is 1.75. The number of rotatable bonds is 5. The Labute approximate surface area is 133 Å². The Morgan fingerprint density at radius 3 is 2.86 bits per heavy atom. The lowest BCUT2D eigenvalue weighted by Gasteiger charge is -2.36. The predicted octanol–water partition coefficient (Wildman–Crippen LogP) is 3.22. The van der Waals surface area contributed by atoms with Crippen LogP contribution >= 0.6 is 11.3 Å². The molecule has 1 N–H and O–H groups in total. The summed E-state index contributed by atoms with van der Waals surface area (Å²) in [6.45, 7) is 2.13. The van der Waals surface area contributed by atoms with Gasteiger partial charge in [-0.2, -0.15) is 0 Å². The maximum atomic E-state index is 12.0. The van der Waals surface area contributed by atoms with E-state index < -0.39 is 0 Å². The highest BCUT2D eigenvalue weighted by Crippen LogP contribution is 2.36. The van der Waals surface area contributed by atoms with Crippen molar-refractivity contribution in [2.24, 2.45) is 0 Å². The highest BCUT2D eigenvalue weighted by molar-refractivity contribution is 7.10. The van der Waals surface area contributed by atoms with Crippen LogP contribution in [0.4, 0.5) is 0 Å². The zero-order chi connectivity index (χ0) is 15.3. The summed E-state index contributed by atoms with van der Waals surface area (Å²) in [5.41, 5.74) is 0.000594. The second-order valence-corrected chi connectivity index (χ2v) is 6.38. The minimum absolute atomic E-state index is 0.000594. The molecule has 1 fully saturated rings. The summed E-state index contributed by atoms with van der Waals surface area (Å²) in [6, 6.07) is 7.83. The Kier molecular flexibility index (Phi) is 4.75. The second kappa shape index (κ2) is 6.94. The largest absolute Gasteiger partial charge is 0.465 e. The first-order chi connectivity index (χ1) is 10.8. The number of hydrogen-bond acceptors (Lipinski definition) is 4. The average Bonchev–Trinajstić information content (AvgIpc) is 3.25. The number of hydrogen-bond donors (Lipinski definition) is 1. The minimum atomic E-state index is -0.0983. The van der Waals surface area contributed by atoms with E-state index >= 15 is 0 Å². The van der Waals surface area contributed by atoms with E-state index in [2.05, 4.69) is 22.8 Å². The van der Waals surface area contributed by atoms with Gasteiger partial charge in [-0.25, -0.2) is 0 Å². The van der Waals surface area contributed by atoms with Gasteiger partial charge >= 0.3 is 0 Å². The maximum absolute atomic E-state index is 12.0. The van der Waals surface area contributed by atoms with E-state index in [1.807, 2.05) is 6.07 Å². The Bertz CT molecular complexity index is 610. The first kappa shape index (κ1) is 15.1. The molecule has 0 aromatic carbocycles. The number of amides is 1. The van der Waals surface area contributed by atoms with Crippen LogP contribution in [0.2, 0.25) is 0 Å². The molecule has 0 bridgehead atoms. The molecule has 2 aromatic heterocycles. The quantitative estimate of drug-likeness (QED) is 0.862. The standard InChI is InChI=1S/C17H19NO3S/c19-16(6-5-14-3-1-9-21-14)18-13-17(7-10-20-11-8-17)15-4-2-12-22-15/h1-6,9,12H,7-8,10-11,13H2,(H,18,19)/b6-5+. The van der Waals surface area contributed by atoms with Crippen LogP contribution in [0.25, 0.3) is 6.08 Å². The molecule has 1 aliphatic rings. The SMILES string of the molecule is O=C(/C=C/c1ccco1)NCC1(c2cccs2)CCOCC1. The van der Waals surface area contributed by atoms with Crippen molar-refractivity contribution in [3.05, 3.63) is 52.6 Å². The topological polar surface area (TPSA) is 51.5 Å². The van der Waals surface area contributed by atoms with Crippen molar-refractivity contribution in [3.63, 3.8) is 0 Å². The summed E-state index contributed by atoms with van der Waals surface area (Å²) in [6.07, 6.45) is 6.66. The lowest BCUT2D eigenvalue weighted by molar-refractivity contribution is -0.116. The van der Waals surface area contributed by atoms with Gasteiger partial charge in [0.05, 0.1) is 6.26 Å². The Hall–Kier alpha value is -1.85. The normalized spacial score (nSPS) is 17.6. The maximum Gasteiger partial charge on any atom is 0.244 e. The first-order valence-electron chi connectivity index (χ1n) is 7.40. The van der Waals surface area contributed by atoms with Crippen molar-refractivity contribution in [2.75, 3.05) is 19.8 Å². The lowest BCUT2D eigenvalue weighted by Crippen LogP contribution is -2.43. The fraction of sp³-hybridized carbons (Fsp3) is 0.353. The zero-order valence-corrected chi connectivity index (χ0v) is 13.1. The van der Waals surface area contributed by atoms with E-state index in [1.165, 1.54) is 11.0 Å². The molecule has 4 nitrogen and oxygen atoms in total. The molecular formula is C17H19NO3S. The van der Waals surface area contributed by atoms with Gasteiger partial charge in [-0.15, -0.1) is 11.3 Å². The van der Waals surface area contributed by atoms with Gasteiger partial charge in [-0.3, -0.25) is 4.79 Å². The van der Waals surface area contributed by atoms with Crippen LogP contribution < -0.4 is 5.32 Å². The van der Waals surface area contributed by atoms with Gasteiger partial charge in [0.25, 0.3) is 0 Å². The number of furan rings is 1. The van der Waals surface area contributed by atoms with Gasteiger partial charge in [0.15, 0.2) is 0 Å². The van der Waals surface area contributed by atoms with Gasteiger partial charge in [0.1, 0.15) is 5.76 Å². The summed E-state index contributed by atoms with van der Waals surface area (Å²) in [5.74, 6) is 0.577. The Morgan fingerprint density at radius 2 is 2.18 bits per heavy atom. The van der Waals surface area contributed by atoms with Crippen LogP contribution in [0.15, 0.2) is 46.4 Å². The minimum Gasteiger partial charge on any atom is -0.465 e. The number of carbonyl (C=O) groups excluding carboxylic acids is 1. The van der Waals surface area contributed by atoms with Crippen molar-refractivity contribution in [2.45, 2.75) is 18.3 Å². The molecule has 1 amide bonds. The van der Waals surface area contributed by atoms with Crippen LogP contribution in [-0.4, -0.2) is 25.7 Å². The third-order valence-corrected chi connectivity index (χ3v) is 5.15. The third kappa shape index (κ3) is 3.48. The molecule has 0 aliphatic carbocycles. The van der Waals surface area contributed by atoms with Crippen molar-refractivity contribution >= 4 is 23.3 Å². The summed E-state index contributed by atoms with van der Waals surface area (Å²) in [4.78, 5) is 13.4. The molecule has 3 heterocycles. The van der Waals surface area contributed by atoms with E-state index in [-0.39, 0.29) is 11.3 Å². The average molecular weight is 317 g/mol. The molecule has 3 rings (SSSR count). The van der Waals surface area contributed by atoms with E-state index in [1.54, 1.807) is 29.7 Å². The smallest absolute Gasteiger partial charge is 0.244 e. The molecule has 0 radical (unpaired) electrons. The lowest BCUT2D eigenvalue weighted by atomic mass is 9.78. The summed E-state index contributed by atoms with van der Waals surface area (Å²) in [7, 11) is 0. The predicted molar refractivity (Wildman–Crippen MR) is 86.8 cm³/mol. The molecule has 0 atom stereocenters. The van der Waals surface area contributed by atoms with Gasteiger partial charge in [0, 0.05) is 36.1 Å². The van der Waals surface area contributed by atoms with Crippen molar-refractivity contribution in [1.29, 1.82) is 0 Å². The van der Waals surface area contributed by atoms with E-state index in [9.17, 15) is 4.79 Å². The van der Waals surface area contributed by atoms with E-state index in [4.69, 9.17) is 9.15 Å². The van der Waals surface area contributed by atoms with Crippen LogP contribution in [0.1, 0.15) is 23.5 Å². The molecule has 0 unspecified atom stereocenters. The monoisotopic (exact) mass is 317 g/mol. The zero-order valence-electron chi connectivity index (χ0n) is 12.3. The van der Waals surface area contributed by atoms with Gasteiger partial charge < -0.3 is 14.5 Å². The fourth-order valence-corrected chi connectivity index (χ4v) is 3.70. The van der Waals surface area contributed by atoms with Crippen LogP contribution in [0, 0.1) is 0 Å². The van der Waals surface area contributed by atoms with Crippen LogP contribution in [0.3, 0.4) is 0 Å². The van der Waals surface area contributed by atoms with Crippen molar-refractivity contribution < 1.29 is 13.9 Å². The first-order valence-corrected chi connectivity index (χ1v) is 8.28. The van der Waals surface area contributed by atoms with Gasteiger partial charge in [-0.05, 0) is 42.5 Å². The van der Waals surface area contributed by atoms with Crippen LogP contribution in [-0.2, 0) is 14.9 Å². The van der Waals surface area contributed by atoms with Crippen molar-refractivity contribution in [3.8, 4) is 0 Å². The Morgan fingerprint density at radius 1 is 1.32 bits per heavy atom. The number of nitrogens with one attached hydrogen (secondary N) is 1. The summed E-state index contributed by atoms with van der Waals surface area (Å²) in [5, 5.41) is 5.12. The molecule has 116 valence electrons. The molecule has 1 saturated heterocycles. The molecule has 22 heavy (non-hydrogen) atoms. The molecule has 1 aliphatic heterocycles. The highest BCUT2D eigenvalue weighted by Gasteiger charge is 2.35. The fourth-order valence-electron chi connectivity index (χ4n) is 2.71. The number of ether oxygens (including phenoxy) is 1. The van der Waals surface area contributed by atoms with Gasteiger partial charge in [-0.1, -0.05) is 6.07 Å².